The van der Waals surface area contributed by atoms with Crippen molar-refractivity contribution in [3.8, 4) is 5.75 Å². The highest BCUT2D eigenvalue weighted by Crippen LogP contribution is 2.21. The van der Waals surface area contributed by atoms with Crippen molar-refractivity contribution in [2.45, 2.75) is 46.5 Å². The predicted octanol–water partition coefficient (Wildman–Crippen LogP) is 4.11. The molecule has 0 saturated carbocycles. The third kappa shape index (κ3) is 5.89. The zero-order valence-electron chi connectivity index (χ0n) is 11.9. The molecule has 0 aromatic carbocycles. The second-order valence-corrected chi connectivity index (χ2v) is 5.02. The highest BCUT2D eigenvalue weighted by molar-refractivity contribution is 5.49. The van der Waals surface area contributed by atoms with E-state index in [2.05, 4.69) is 31.1 Å². The zero-order valence-corrected chi connectivity index (χ0v) is 11.9. The Kier molecular flexibility index (Phi) is 7.23. The van der Waals surface area contributed by atoms with Crippen LogP contribution in [0.1, 0.15) is 46.5 Å². The van der Waals surface area contributed by atoms with E-state index in [1.165, 1.54) is 19.3 Å². The van der Waals surface area contributed by atoms with Crippen LogP contribution in [0.25, 0.3) is 0 Å². The van der Waals surface area contributed by atoms with Gasteiger partial charge in [0.25, 0.3) is 0 Å². The monoisotopic (exact) mass is 250 g/mol. The number of rotatable bonds is 9. The number of pyridine rings is 1. The summed E-state index contributed by atoms with van der Waals surface area (Å²) in [5.74, 6) is 2.53. The third-order valence-corrected chi connectivity index (χ3v) is 2.73. The van der Waals surface area contributed by atoms with Crippen LogP contribution in [0.4, 0.5) is 5.82 Å². The summed E-state index contributed by atoms with van der Waals surface area (Å²) in [4.78, 5) is 4.33. The van der Waals surface area contributed by atoms with Crippen molar-refractivity contribution in [1.29, 1.82) is 0 Å². The van der Waals surface area contributed by atoms with Gasteiger partial charge in [0.15, 0.2) is 11.6 Å². The molecule has 0 aliphatic carbocycles. The molecule has 0 radical (unpaired) electrons. The maximum atomic E-state index is 5.66. The van der Waals surface area contributed by atoms with Crippen LogP contribution in [0.5, 0.6) is 5.75 Å². The number of nitrogens with one attached hydrogen (secondary N) is 1. The Hall–Kier alpha value is -1.25. The van der Waals surface area contributed by atoms with Gasteiger partial charge in [-0.2, -0.15) is 0 Å². The van der Waals surface area contributed by atoms with E-state index in [9.17, 15) is 0 Å². The molecule has 1 N–H and O–H groups in total. The average Bonchev–Trinajstić information content (AvgIpc) is 2.36. The molecule has 0 unspecified atom stereocenters. The Morgan fingerprint density at radius 2 is 2.17 bits per heavy atom. The number of hydrogen-bond donors (Lipinski definition) is 1. The van der Waals surface area contributed by atoms with E-state index < -0.39 is 0 Å². The van der Waals surface area contributed by atoms with E-state index in [0.29, 0.717) is 0 Å². The largest absolute Gasteiger partial charge is 0.490 e. The summed E-state index contributed by atoms with van der Waals surface area (Å²) in [6.45, 7) is 8.35. The lowest BCUT2D eigenvalue weighted by Gasteiger charge is -2.11. The lowest BCUT2D eigenvalue weighted by Crippen LogP contribution is -2.06. The molecule has 0 bridgehead atoms. The molecule has 102 valence electrons. The molecule has 1 rings (SSSR count). The number of ether oxygens (including phenoxy) is 1. The molecular formula is C15H26N2O. The summed E-state index contributed by atoms with van der Waals surface area (Å²) in [5, 5.41) is 3.36. The Morgan fingerprint density at radius 3 is 2.89 bits per heavy atom. The molecule has 0 spiro atoms. The van der Waals surface area contributed by atoms with Gasteiger partial charge >= 0.3 is 0 Å². The van der Waals surface area contributed by atoms with Gasteiger partial charge in [0.05, 0.1) is 6.61 Å². The van der Waals surface area contributed by atoms with Crippen LogP contribution >= 0.6 is 0 Å². The van der Waals surface area contributed by atoms with E-state index >= 15 is 0 Å². The van der Waals surface area contributed by atoms with E-state index in [4.69, 9.17) is 4.74 Å². The van der Waals surface area contributed by atoms with Crippen LogP contribution in [0, 0.1) is 5.92 Å². The van der Waals surface area contributed by atoms with E-state index in [1.807, 2.05) is 12.1 Å². The minimum atomic E-state index is 0.744. The Labute approximate surface area is 111 Å². The molecule has 1 aromatic rings. The average molecular weight is 250 g/mol. The minimum absolute atomic E-state index is 0.744. The maximum Gasteiger partial charge on any atom is 0.168 e. The number of nitrogens with zero attached hydrogens (tertiary/aromatic N) is 1. The van der Waals surface area contributed by atoms with Crippen LogP contribution < -0.4 is 10.1 Å². The Balaban J connectivity index is 2.32. The molecule has 3 nitrogen and oxygen atoms in total. The van der Waals surface area contributed by atoms with Crippen molar-refractivity contribution in [3.63, 3.8) is 0 Å². The molecule has 0 aliphatic heterocycles. The summed E-state index contributed by atoms with van der Waals surface area (Å²) < 4.78 is 5.66. The first-order valence-corrected chi connectivity index (χ1v) is 7.05. The summed E-state index contributed by atoms with van der Waals surface area (Å²) >= 11 is 0. The second-order valence-electron chi connectivity index (χ2n) is 5.02. The van der Waals surface area contributed by atoms with Crippen molar-refractivity contribution in [1.82, 2.24) is 4.98 Å². The molecule has 18 heavy (non-hydrogen) atoms. The van der Waals surface area contributed by atoms with E-state index in [-0.39, 0.29) is 0 Å². The summed E-state index contributed by atoms with van der Waals surface area (Å²) in [6, 6.07) is 3.88. The summed E-state index contributed by atoms with van der Waals surface area (Å²) in [7, 11) is 0. The quantitative estimate of drug-likeness (QED) is 0.670. The van der Waals surface area contributed by atoms with Crippen LogP contribution in [0.3, 0.4) is 0 Å². The van der Waals surface area contributed by atoms with Gasteiger partial charge in [-0.3, -0.25) is 0 Å². The Morgan fingerprint density at radius 1 is 1.33 bits per heavy atom. The van der Waals surface area contributed by atoms with Crippen molar-refractivity contribution >= 4 is 5.82 Å². The van der Waals surface area contributed by atoms with Gasteiger partial charge in [-0.1, -0.05) is 33.6 Å². The van der Waals surface area contributed by atoms with Gasteiger partial charge in [0.2, 0.25) is 0 Å². The van der Waals surface area contributed by atoms with Crippen LogP contribution in [-0.2, 0) is 0 Å². The Bertz CT molecular complexity index is 326. The van der Waals surface area contributed by atoms with E-state index in [1.54, 1.807) is 6.20 Å². The lowest BCUT2D eigenvalue weighted by atomic mass is 10.1. The van der Waals surface area contributed by atoms with E-state index in [0.717, 1.165) is 37.1 Å². The number of anilines is 1. The summed E-state index contributed by atoms with van der Waals surface area (Å²) in [5.41, 5.74) is 0. The molecule has 1 heterocycles. The van der Waals surface area contributed by atoms with Gasteiger partial charge in [-0.05, 0) is 30.9 Å². The maximum absolute atomic E-state index is 5.66. The summed E-state index contributed by atoms with van der Waals surface area (Å²) in [6.07, 6.45) is 6.56. The molecule has 0 amide bonds. The van der Waals surface area contributed by atoms with Crippen molar-refractivity contribution in [3.05, 3.63) is 18.3 Å². The highest BCUT2D eigenvalue weighted by Gasteiger charge is 2.03. The molecular weight excluding hydrogens is 224 g/mol. The van der Waals surface area contributed by atoms with Gasteiger partial charge < -0.3 is 10.1 Å². The number of hydrogen-bond acceptors (Lipinski definition) is 3. The van der Waals surface area contributed by atoms with Crippen LogP contribution in [-0.4, -0.2) is 18.1 Å². The van der Waals surface area contributed by atoms with Gasteiger partial charge in [-0.25, -0.2) is 4.98 Å². The fourth-order valence-electron chi connectivity index (χ4n) is 1.74. The van der Waals surface area contributed by atoms with Crippen molar-refractivity contribution in [2.24, 2.45) is 5.92 Å². The van der Waals surface area contributed by atoms with Crippen LogP contribution in [0.2, 0.25) is 0 Å². The highest BCUT2D eigenvalue weighted by atomic mass is 16.5. The van der Waals surface area contributed by atoms with Crippen molar-refractivity contribution < 1.29 is 4.74 Å². The number of unbranched alkanes of at least 4 members (excludes halogenated alkanes) is 1. The normalized spacial score (nSPS) is 10.7. The van der Waals surface area contributed by atoms with Gasteiger partial charge in [0.1, 0.15) is 0 Å². The second kappa shape index (κ2) is 8.78. The molecule has 0 aliphatic rings. The smallest absolute Gasteiger partial charge is 0.168 e. The van der Waals surface area contributed by atoms with Gasteiger partial charge in [-0.15, -0.1) is 0 Å². The van der Waals surface area contributed by atoms with Gasteiger partial charge in [0, 0.05) is 12.7 Å². The molecule has 0 saturated heterocycles. The molecule has 0 atom stereocenters. The third-order valence-electron chi connectivity index (χ3n) is 2.73. The first-order chi connectivity index (χ1) is 8.74. The first kappa shape index (κ1) is 14.8. The molecule has 0 fully saturated rings. The lowest BCUT2D eigenvalue weighted by molar-refractivity contribution is 0.318. The minimum Gasteiger partial charge on any atom is -0.490 e. The number of aromatic nitrogens is 1. The SMILES string of the molecule is CCCOc1cccnc1NCCCCC(C)C. The fourth-order valence-corrected chi connectivity index (χ4v) is 1.74. The zero-order chi connectivity index (χ0) is 13.2. The molecule has 3 heteroatoms. The molecule has 1 aromatic heterocycles. The topological polar surface area (TPSA) is 34.1 Å². The standard InChI is InChI=1S/C15H26N2O/c1-4-12-18-14-9-7-11-17-15(14)16-10-6-5-8-13(2)3/h7,9,11,13H,4-6,8,10,12H2,1-3H3,(H,16,17). The van der Waals surface area contributed by atoms with Crippen LogP contribution in [0.15, 0.2) is 18.3 Å². The predicted molar refractivity (Wildman–Crippen MR) is 77.2 cm³/mol. The fraction of sp³-hybridized carbons (Fsp3) is 0.667. The van der Waals surface area contributed by atoms with Crippen molar-refractivity contribution in [2.75, 3.05) is 18.5 Å². The first-order valence-electron chi connectivity index (χ1n) is 7.05.